The van der Waals surface area contributed by atoms with E-state index in [1.54, 1.807) is 6.08 Å². The molecule has 2 aromatic carbocycles. The maximum Gasteiger partial charge on any atom is 0.319 e. The highest BCUT2D eigenvalue weighted by Crippen LogP contribution is 2.19. The van der Waals surface area contributed by atoms with Crippen LogP contribution in [0.2, 0.25) is 0 Å². The molecule has 0 aromatic heterocycles. The summed E-state index contributed by atoms with van der Waals surface area (Å²) in [6.07, 6.45) is 2.00. The minimum Gasteiger partial charge on any atom is -0.489 e. The van der Waals surface area contributed by atoms with Crippen molar-refractivity contribution in [3.05, 3.63) is 72.3 Å². The van der Waals surface area contributed by atoms with Crippen LogP contribution in [0.4, 0.5) is 10.5 Å². The highest BCUT2D eigenvalue weighted by Gasteiger charge is 2.06. The van der Waals surface area contributed by atoms with E-state index in [0.29, 0.717) is 31.0 Å². The van der Waals surface area contributed by atoms with Crippen LogP contribution < -0.4 is 15.4 Å². The Labute approximate surface area is 141 Å². The van der Waals surface area contributed by atoms with Crippen molar-refractivity contribution in [2.24, 2.45) is 0 Å². The van der Waals surface area contributed by atoms with Crippen molar-refractivity contribution in [1.29, 1.82) is 5.26 Å². The Morgan fingerprint density at radius 2 is 1.96 bits per heavy atom. The van der Waals surface area contributed by atoms with Gasteiger partial charge in [-0.05, 0) is 23.8 Å². The topological polar surface area (TPSA) is 74.2 Å². The number of benzene rings is 2. The first-order valence-corrected chi connectivity index (χ1v) is 7.55. The lowest BCUT2D eigenvalue weighted by molar-refractivity contribution is 0.253. The van der Waals surface area contributed by atoms with E-state index in [-0.39, 0.29) is 6.03 Å². The lowest BCUT2D eigenvalue weighted by Crippen LogP contribution is -2.29. The van der Waals surface area contributed by atoms with Crippen LogP contribution in [0, 0.1) is 11.3 Å². The molecule has 2 N–H and O–H groups in total. The van der Waals surface area contributed by atoms with Gasteiger partial charge in [-0.3, -0.25) is 0 Å². The average molecular weight is 321 g/mol. The van der Waals surface area contributed by atoms with Crippen LogP contribution in [-0.2, 0) is 13.0 Å². The molecule has 0 fully saturated rings. The number of carbonyl (C=O) groups excluding carboxylic acids is 1. The second-order valence-corrected chi connectivity index (χ2v) is 5.05. The van der Waals surface area contributed by atoms with Gasteiger partial charge in [0.15, 0.2) is 0 Å². The smallest absolute Gasteiger partial charge is 0.319 e. The summed E-state index contributed by atoms with van der Waals surface area (Å²) in [5, 5.41) is 14.1. The Balaban J connectivity index is 1.98. The molecule has 0 atom stereocenters. The van der Waals surface area contributed by atoms with E-state index in [9.17, 15) is 4.79 Å². The van der Waals surface area contributed by atoms with Crippen LogP contribution in [0.25, 0.3) is 0 Å². The molecule has 2 amide bonds. The third kappa shape index (κ3) is 5.18. The molecule has 2 aromatic rings. The van der Waals surface area contributed by atoms with Crippen LogP contribution in [-0.4, -0.2) is 12.6 Å². The number of nitriles is 1. The predicted molar refractivity (Wildman–Crippen MR) is 93.8 cm³/mol. The van der Waals surface area contributed by atoms with Gasteiger partial charge >= 0.3 is 6.03 Å². The Bertz CT molecular complexity index is 733. The summed E-state index contributed by atoms with van der Waals surface area (Å²) in [4.78, 5) is 11.8. The summed E-state index contributed by atoms with van der Waals surface area (Å²) in [7, 11) is 0. The fourth-order valence-corrected chi connectivity index (χ4v) is 2.06. The Morgan fingerprint density at radius 1 is 1.21 bits per heavy atom. The van der Waals surface area contributed by atoms with Gasteiger partial charge in [0.2, 0.25) is 0 Å². The van der Waals surface area contributed by atoms with Crippen molar-refractivity contribution in [2.45, 2.75) is 13.0 Å². The standard InChI is InChI=1S/C19H19N3O2/c1-2-13-21-19(23)22-18-6-4-3-5-16(18)14-24-17-9-7-15(8-10-17)11-12-20/h2-10H,1,11,13-14H2,(H2,21,22,23). The molecule has 0 radical (unpaired) electrons. The van der Waals surface area contributed by atoms with Crippen molar-refractivity contribution in [1.82, 2.24) is 5.32 Å². The summed E-state index contributed by atoms with van der Waals surface area (Å²) in [6.45, 7) is 4.29. The number of anilines is 1. The van der Waals surface area contributed by atoms with Crippen LogP contribution in [0.1, 0.15) is 11.1 Å². The van der Waals surface area contributed by atoms with E-state index in [0.717, 1.165) is 11.1 Å². The number of nitrogens with one attached hydrogen (secondary N) is 2. The zero-order valence-electron chi connectivity index (χ0n) is 13.3. The second kappa shape index (κ2) is 9.01. The Morgan fingerprint density at radius 3 is 2.67 bits per heavy atom. The van der Waals surface area contributed by atoms with Crippen LogP contribution in [0.5, 0.6) is 5.75 Å². The monoisotopic (exact) mass is 321 g/mol. The highest BCUT2D eigenvalue weighted by atomic mass is 16.5. The third-order valence-corrected chi connectivity index (χ3v) is 3.27. The molecule has 0 bridgehead atoms. The van der Waals surface area contributed by atoms with E-state index in [2.05, 4.69) is 23.3 Å². The van der Waals surface area contributed by atoms with Gasteiger partial charge in [0.05, 0.1) is 12.5 Å². The van der Waals surface area contributed by atoms with E-state index >= 15 is 0 Å². The van der Waals surface area contributed by atoms with Gasteiger partial charge in [-0.2, -0.15) is 5.26 Å². The summed E-state index contributed by atoms with van der Waals surface area (Å²) < 4.78 is 5.76. The maximum atomic E-state index is 11.8. The molecular weight excluding hydrogens is 302 g/mol. The van der Waals surface area contributed by atoms with Crippen molar-refractivity contribution in [2.75, 3.05) is 11.9 Å². The zero-order valence-corrected chi connectivity index (χ0v) is 13.3. The molecule has 0 unspecified atom stereocenters. The van der Waals surface area contributed by atoms with Gasteiger partial charge in [0.1, 0.15) is 12.4 Å². The quantitative estimate of drug-likeness (QED) is 0.765. The molecule has 0 heterocycles. The average Bonchev–Trinajstić information content (AvgIpc) is 2.61. The molecule has 0 aliphatic carbocycles. The largest absolute Gasteiger partial charge is 0.489 e. The molecular formula is C19H19N3O2. The van der Waals surface area contributed by atoms with Crippen LogP contribution >= 0.6 is 0 Å². The number of carbonyl (C=O) groups is 1. The summed E-state index contributed by atoms with van der Waals surface area (Å²) in [6, 6.07) is 16.7. The molecule has 0 spiro atoms. The first kappa shape index (κ1) is 17.1. The van der Waals surface area contributed by atoms with Gasteiger partial charge in [0, 0.05) is 17.8 Å². The van der Waals surface area contributed by atoms with E-state index in [1.807, 2.05) is 48.5 Å². The van der Waals surface area contributed by atoms with Gasteiger partial charge in [-0.1, -0.05) is 36.4 Å². The molecule has 5 nitrogen and oxygen atoms in total. The molecule has 0 saturated heterocycles. The van der Waals surface area contributed by atoms with Gasteiger partial charge in [-0.25, -0.2) is 4.79 Å². The molecule has 122 valence electrons. The number of rotatable bonds is 7. The summed E-state index contributed by atoms with van der Waals surface area (Å²) >= 11 is 0. The SMILES string of the molecule is C=CCNC(=O)Nc1ccccc1COc1ccc(CC#N)cc1. The Kier molecular flexibility index (Phi) is 6.42. The van der Waals surface area contributed by atoms with E-state index in [4.69, 9.17) is 10.00 Å². The predicted octanol–water partition coefficient (Wildman–Crippen LogP) is 3.64. The van der Waals surface area contributed by atoms with Crippen molar-refractivity contribution in [3.63, 3.8) is 0 Å². The highest BCUT2D eigenvalue weighted by molar-refractivity contribution is 5.90. The molecule has 0 aliphatic rings. The van der Waals surface area contributed by atoms with E-state index in [1.165, 1.54) is 0 Å². The van der Waals surface area contributed by atoms with Crippen molar-refractivity contribution >= 4 is 11.7 Å². The number of urea groups is 1. The van der Waals surface area contributed by atoms with Gasteiger partial charge in [0.25, 0.3) is 0 Å². The van der Waals surface area contributed by atoms with Crippen molar-refractivity contribution in [3.8, 4) is 11.8 Å². The first-order chi connectivity index (χ1) is 11.7. The molecule has 0 aliphatic heterocycles. The first-order valence-electron chi connectivity index (χ1n) is 7.55. The number of hydrogen-bond donors (Lipinski definition) is 2. The zero-order chi connectivity index (χ0) is 17.2. The Hall–Kier alpha value is -3.26. The maximum absolute atomic E-state index is 11.8. The lowest BCUT2D eigenvalue weighted by atomic mass is 10.1. The number of hydrogen-bond acceptors (Lipinski definition) is 3. The minimum absolute atomic E-state index is 0.289. The van der Waals surface area contributed by atoms with Crippen LogP contribution in [0.15, 0.2) is 61.2 Å². The fraction of sp³-hybridized carbons (Fsp3) is 0.158. The van der Waals surface area contributed by atoms with Crippen molar-refractivity contribution < 1.29 is 9.53 Å². The van der Waals surface area contributed by atoms with E-state index < -0.39 is 0 Å². The number of ether oxygens (including phenoxy) is 1. The van der Waals surface area contributed by atoms with Gasteiger partial charge < -0.3 is 15.4 Å². The normalized spacial score (nSPS) is 9.62. The second-order valence-electron chi connectivity index (χ2n) is 5.05. The summed E-state index contributed by atoms with van der Waals surface area (Å²) in [5.41, 5.74) is 2.51. The number of amides is 2. The lowest BCUT2D eigenvalue weighted by Gasteiger charge is -2.12. The molecule has 5 heteroatoms. The number of para-hydroxylation sites is 1. The number of nitrogens with zero attached hydrogens (tertiary/aromatic N) is 1. The molecule has 24 heavy (non-hydrogen) atoms. The minimum atomic E-state index is -0.289. The molecule has 0 saturated carbocycles. The van der Waals surface area contributed by atoms with Crippen LogP contribution in [0.3, 0.4) is 0 Å². The molecule has 2 rings (SSSR count). The third-order valence-electron chi connectivity index (χ3n) is 3.27. The summed E-state index contributed by atoms with van der Waals surface area (Å²) in [5.74, 6) is 0.711. The fourth-order valence-electron chi connectivity index (χ4n) is 2.06. The van der Waals surface area contributed by atoms with Gasteiger partial charge in [-0.15, -0.1) is 6.58 Å².